The lowest BCUT2D eigenvalue weighted by Gasteiger charge is -2.12. The molecular formula is C13H16N2OS. The van der Waals surface area contributed by atoms with Crippen molar-refractivity contribution in [1.29, 1.82) is 0 Å². The van der Waals surface area contributed by atoms with Crippen LogP contribution in [0, 0.1) is 0 Å². The Balaban J connectivity index is 2.13. The number of nitrogens with two attached hydrogens (primary N) is 1. The van der Waals surface area contributed by atoms with Gasteiger partial charge in [-0.2, -0.15) is 0 Å². The number of aromatic nitrogens is 1. The van der Waals surface area contributed by atoms with Gasteiger partial charge in [-0.25, -0.2) is 4.98 Å². The zero-order valence-corrected chi connectivity index (χ0v) is 10.8. The highest BCUT2D eigenvalue weighted by Crippen LogP contribution is 2.25. The van der Waals surface area contributed by atoms with Crippen molar-refractivity contribution >= 4 is 17.0 Å². The van der Waals surface area contributed by atoms with Gasteiger partial charge in [0.05, 0.1) is 16.8 Å². The summed E-state index contributed by atoms with van der Waals surface area (Å²) in [5.41, 5.74) is 7.81. The van der Waals surface area contributed by atoms with E-state index < -0.39 is 0 Å². The average molecular weight is 248 g/mol. The molecule has 0 radical (unpaired) electrons. The zero-order chi connectivity index (χ0) is 12.3. The van der Waals surface area contributed by atoms with Crippen molar-refractivity contribution in [2.75, 3.05) is 5.73 Å². The second-order valence-electron chi connectivity index (χ2n) is 4.14. The molecule has 0 bridgehead atoms. The predicted molar refractivity (Wildman–Crippen MR) is 71.5 cm³/mol. The van der Waals surface area contributed by atoms with Crippen LogP contribution < -0.4 is 10.5 Å². The maximum atomic E-state index is 5.96. The molecular weight excluding hydrogens is 232 g/mol. The highest BCUT2D eigenvalue weighted by molar-refractivity contribution is 7.09. The van der Waals surface area contributed by atoms with Crippen LogP contribution in [0.15, 0.2) is 29.8 Å². The van der Waals surface area contributed by atoms with Crippen LogP contribution in [0.3, 0.4) is 0 Å². The topological polar surface area (TPSA) is 48.1 Å². The van der Waals surface area contributed by atoms with E-state index in [1.54, 1.807) is 11.3 Å². The number of ether oxygens (including phenoxy) is 1. The largest absolute Gasteiger partial charge is 0.489 e. The molecule has 90 valence electrons. The van der Waals surface area contributed by atoms with E-state index in [-0.39, 0.29) is 6.10 Å². The van der Waals surface area contributed by atoms with Gasteiger partial charge < -0.3 is 10.5 Å². The van der Waals surface area contributed by atoms with Crippen LogP contribution in [0.25, 0.3) is 0 Å². The van der Waals surface area contributed by atoms with Gasteiger partial charge in [-0.1, -0.05) is 6.07 Å². The molecule has 17 heavy (non-hydrogen) atoms. The van der Waals surface area contributed by atoms with Gasteiger partial charge in [0, 0.05) is 18.0 Å². The van der Waals surface area contributed by atoms with Gasteiger partial charge in [-0.3, -0.25) is 0 Å². The lowest BCUT2D eigenvalue weighted by molar-refractivity contribution is 0.244. The number of hydrogen-bond acceptors (Lipinski definition) is 4. The Morgan fingerprint density at radius 2 is 2.24 bits per heavy atom. The summed E-state index contributed by atoms with van der Waals surface area (Å²) >= 11 is 1.66. The third kappa shape index (κ3) is 3.20. The van der Waals surface area contributed by atoms with Crippen molar-refractivity contribution < 1.29 is 4.74 Å². The van der Waals surface area contributed by atoms with Gasteiger partial charge in [0.15, 0.2) is 0 Å². The Morgan fingerprint density at radius 1 is 1.41 bits per heavy atom. The average Bonchev–Trinajstić information content (AvgIpc) is 2.74. The van der Waals surface area contributed by atoms with E-state index in [0.29, 0.717) is 5.69 Å². The Kier molecular flexibility index (Phi) is 3.64. The minimum absolute atomic E-state index is 0.141. The van der Waals surface area contributed by atoms with Crippen molar-refractivity contribution in [2.45, 2.75) is 26.4 Å². The van der Waals surface area contributed by atoms with E-state index in [4.69, 9.17) is 10.5 Å². The first-order chi connectivity index (χ1) is 8.15. The van der Waals surface area contributed by atoms with Gasteiger partial charge in [0.2, 0.25) is 0 Å². The van der Waals surface area contributed by atoms with Crippen molar-refractivity contribution in [2.24, 2.45) is 0 Å². The fourth-order valence-electron chi connectivity index (χ4n) is 1.58. The summed E-state index contributed by atoms with van der Waals surface area (Å²) in [6, 6.07) is 5.92. The van der Waals surface area contributed by atoms with Gasteiger partial charge in [-0.15, -0.1) is 11.3 Å². The van der Waals surface area contributed by atoms with E-state index in [0.717, 1.165) is 22.7 Å². The molecule has 1 aromatic heterocycles. The highest BCUT2D eigenvalue weighted by Gasteiger charge is 2.05. The van der Waals surface area contributed by atoms with Crippen LogP contribution in [-0.2, 0) is 6.42 Å². The summed E-state index contributed by atoms with van der Waals surface area (Å²) in [6.07, 6.45) is 2.78. The van der Waals surface area contributed by atoms with Crippen molar-refractivity contribution in [1.82, 2.24) is 4.98 Å². The van der Waals surface area contributed by atoms with E-state index in [1.165, 1.54) is 0 Å². The molecule has 0 saturated heterocycles. The summed E-state index contributed by atoms with van der Waals surface area (Å²) in [6.45, 7) is 3.98. The normalized spacial score (nSPS) is 10.8. The minimum atomic E-state index is 0.141. The second kappa shape index (κ2) is 5.19. The number of thiazole rings is 1. The molecule has 2 aromatic rings. The molecule has 1 heterocycles. The first kappa shape index (κ1) is 11.9. The maximum absolute atomic E-state index is 5.96. The summed E-state index contributed by atoms with van der Waals surface area (Å²) in [5.74, 6) is 0.753. The van der Waals surface area contributed by atoms with Crippen LogP contribution in [-0.4, -0.2) is 11.1 Å². The van der Waals surface area contributed by atoms with Crippen LogP contribution in [0.5, 0.6) is 5.75 Å². The maximum Gasteiger partial charge on any atom is 0.142 e. The number of benzene rings is 1. The number of anilines is 1. The molecule has 0 amide bonds. The molecule has 1 aromatic carbocycles. The summed E-state index contributed by atoms with van der Waals surface area (Å²) in [5, 5.41) is 3.08. The third-order valence-corrected chi connectivity index (χ3v) is 3.06. The first-order valence-corrected chi connectivity index (χ1v) is 6.46. The molecule has 0 aliphatic heterocycles. The Labute approximate surface area is 105 Å². The van der Waals surface area contributed by atoms with Gasteiger partial charge in [-0.05, 0) is 31.5 Å². The predicted octanol–water partition coefficient (Wildman–Crippen LogP) is 3.10. The van der Waals surface area contributed by atoms with Crippen LogP contribution in [0.1, 0.15) is 24.4 Å². The third-order valence-electron chi connectivity index (χ3n) is 2.28. The molecule has 3 nitrogen and oxygen atoms in total. The first-order valence-electron chi connectivity index (χ1n) is 5.58. The smallest absolute Gasteiger partial charge is 0.142 e. The molecule has 4 heteroatoms. The second-order valence-corrected chi connectivity index (χ2v) is 5.12. The minimum Gasteiger partial charge on any atom is -0.489 e. The number of rotatable bonds is 4. The van der Waals surface area contributed by atoms with Crippen molar-refractivity contribution in [3.63, 3.8) is 0 Å². The lowest BCUT2D eigenvalue weighted by atomic mass is 10.1. The van der Waals surface area contributed by atoms with E-state index in [9.17, 15) is 0 Å². The van der Waals surface area contributed by atoms with E-state index >= 15 is 0 Å². The quantitative estimate of drug-likeness (QED) is 0.846. The molecule has 0 unspecified atom stereocenters. The van der Waals surface area contributed by atoms with Gasteiger partial charge in [0.1, 0.15) is 5.75 Å². The van der Waals surface area contributed by atoms with Crippen LogP contribution in [0.2, 0.25) is 0 Å². The molecule has 2 rings (SSSR count). The van der Waals surface area contributed by atoms with Gasteiger partial charge in [0.25, 0.3) is 0 Å². The lowest BCUT2D eigenvalue weighted by Crippen LogP contribution is -2.07. The SMILES string of the molecule is CC(C)Oc1ccc(Cc2nccs2)cc1N. The number of nitrogens with zero attached hydrogens (tertiary/aromatic N) is 1. The Bertz CT molecular complexity index is 480. The Morgan fingerprint density at radius 3 is 2.82 bits per heavy atom. The summed E-state index contributed by atoms with van der Waals surface area (Å²) in [7, 11) is 0. The van der Waals surface area contributed by atoms with Crippen molar-refractivity contribution in [3.8, 4) is 5.75 Å². The van der Waals surface area contributed by atoms with Gasteiger partial charge >= 0.3 is 0 Å². The van der Waals surface area contributed by atoms with E-state index in [2.05, 4.69) is 4.98 Å². The Hall–Kier alpha value is -1.55. The fraction of sp³-hybridized carbons (Fsp3) is 0.308. The number of hydrogen-bond donors (Lipinski definition) is 1. The summed E-state index contributed by atoms with van der Waals surface area (Å²) in [4.78, 5) is 4.26. The molecule has 2 N–H and O–H groups in total. The molecule has 0 atom stereocenters. The standard InChI is InChI=1S/C13H16N2OS/c1-9(2)16-12-4-3-10(7-11(12)14)8-13-15-5-6-17-13/h3-7,9H,8,14H2,1-2H3. The number of nitrogen functional groups attached to an aromatic ring is 1. The summed E-state index contributed by atoms with van der Waals surface area (Å²) < 4.78 is 5.60. The van der Waals surface area contributed by atoms with Crippen molar-refractivity contribution in [3.05, 3.63) is 40.3 Å². The van der Waals surface area contributed by atoms with Crippen LogP contribution >= 0.6 is 11.3 Å². The molecule has 0 spiro atoms. The van der Waals surface area contributed by atoms with Crippen LogP contribution in [0.4, 0.5) is 5.69 Å². The molecule has 0 saturated carbocycles. The molecule has 0 fully saturated rings. The molecule has 0 aliphatic rings. The molecule has 0 aliphatic carbocycles. The monoisotopic (exact) mass is 248 g/mol. The fourth-order valence-corrected chi connectivity index (χ4v) is 2.23. The highest BCUT2D eigenvalue weighted by atomic mass is 32.1. The van der Waals surface area contributed by atoms with E-state index in [1.807, 2.05) is 43.6 Å². The zero-order valence-electron chi connectivity index (χ0n) is 10.0.